The van der Waals surface area contributed by atoms with Crippen molar-refractivity contribution in [2.75, 3.05) is 22.4 Å². The lowest BCUT2D eigenvalue weighted by atomic mass is 10.1. The van der Waals surface area contributed by atoms with Gasteiger partial charge >= 0.3 is 0 Å². The van der Waals surface area contributed by atoms with Crippen molar-refractivity contribution >= 4 is 43.2 Å². The Morgan fingerprint density at radius 3 is 2.45 bits per heavy atom. The monoisotopic (exact) mass is 480 g/mol. The molecule has 3 rings (SSSR count). The minimum Gasteiger partial charge on any atom is -0.494 e. The van der Waals surface area contributed by atoms with Gasteiger partial charge in [0.05, 0.1) is 12.3 Å². The summed E-state index contributed by atoms with van der Waals surface area (Å²) in [7, 11) is -3.84. The molecule has 29 heavy (non-hydrogen) atoms. The fourth-order valence-electron chi connectivity index (χ4n) is 3.78. The second kappa shape index (κ2) is 8.36. The normalized spacial score (nSPS) is 15.9. The van der Waals surface area contributed by atoms with Crippen LogP contribution in [0.25, 0.3) is 0 Å². The second-order valence-electron chi connectivity index (χ2n) is 6.95. The van der Waals surface area contributed by atoms with E-state index >= 15 is 0 Å². The SMILES string of the molecule is CCOc1ccc(N(CC)S(=O)(=O)c2cc3c(cc2Br)CC(C)N3C(C)=O)cc1. The number of halogens is 1. The van der Waals surface area contributed by atoms with Gasteiger partial charge in [-0.15, -0.1) is 0 Å². The molecule has 6 nitrogen and oxygen atoms in total. The molecule has 0 aliphatic carbocycles. The number of nitrogens with zero attached hydrogens (tertiary/aromatic N) is 2. The van der Waals surface area contributed by atoms with Gasteiger partial charge in [-0.05, 0) is 85.1 Å². The highest BCUT2D eigenvalue weighted by Gasteiger charge is 2.33. The molecule has 1 amide bonds. The van der Waals surface area contributed by atoms with Crippen molar-refractivity contribution in [3.05, 3.63) is 46.4 Å². The number of carbonyl (C=O) groups is 1. The largest absolute Gasteiger partial charge is 0.494 e. The van der Waals surface area contributed by atoms with Crippen LogP contribution in [0.3, 0.4) is 0 Å². The van der Waals surface area contributed by atoms with Crippen LogP contribution in [0.4, 0.5) is 11.4 Å². The molecule has 0 aromatic heterocycles. The molecule has 2 aromatic rings. The Labute approximate surface area is 180 Å². The van der Waals surface area contributed by atoms with Gasteiger partial charge in [-0.25, -0.2) is 8.42 Å². The van der Waals surface area contributed by atoms with E-state index in [4.69, 9.17) is 4.74 Å². The Bertz CT molecular complexity index is 1020. The van der Waals surface area contributed by atoms with Crippen LogP contribution in [-0.4, -0.2) is 33.5 Å². The average Bonchev–Trinajstić information content (AvgIpc) is 2.97. The highest BCUT2D eigenvalue weighted by atomic mass is 79.9. The van der Waals surface area contributed by atoms with Gasteiger partial charge in [-0.2, -0.15) is 0 Å². The highest BCUT2D eigenvalue weighted by molar-refractivity contribution is 9.10. The first-order valence-electron chi connectivity index (χ1n) is 9.58. The molecule has 1 aliphatic heterocycles. The first kappa shape index (κ1) is 21.6. The van der Waals surface area contributed by atoms with E-state index < -0.39 is 10.0 Å². The molecule has 0 fully saturated rings. The van der Waals surface area contributed by atoms with E-state index in [1.165, 1.54) is 11.2 Å². The second-order valence-corrected chi connectivity index (χ2v) is 9.64. The zero-order valence-electron chi connectivity index (χ0n) is 17.0. The molecule has 1 heterocycles. The fourth-order valence-corrected chi connectivity index (χ4v) is 6.33. The van der Waals surface area contributed by atoms with Crippen LogP contribution in [0.2, 0.25) is 0 Å². The van der Waals surface area contributed by atoms with Crippen molar-refractivity contribution in [2.24, 2.45) is 0 Å². The predicted octanol–water partition coefficient (Wildman–Crippen LogP) is 4.36. The van der Waals surface area contributed by atoms with Crippen molar-refractivity contribution in [3.8, 4) is 5.75 Å². The van der Waals surface area contributed by atoms with Gasteiger partial charge in [0.2, 0.25) is 5.91 Å². The Balaban J connectivity index is 2.05. The zero-order valence-corrected chi connectivity index (χ0v) is 19.4. The van der Waals surface area contributed by atoms with Crippen LogP contribution >= 0.6 is 15.9 Å². The van der Waals surface area contributed by atoms with Gasteiger partial charge in [0.1, 0.15) is 10.6 Å². The molecule has 0 spiro atoms. The molecule has 0 saturated heterocycles. The smallest absolute Gasteiger partial charge is 0.265 e. The summed E-state index contributed by atoms with van der Waals surface area (Å²) in [6.07, 6.45) is 0.699. The van der Waals surface area contributed by atoms with E-state index in [1.807, 2.05) is 19.9 Å². The molecule has 0 radical (unpaired) electrons. The average molecular weight is 481 g/mol. The Morgan fingerprint density at radius 1 is 1.24 bits per heavy atom. The van der Waals surface area contributed by atoms with Crippen LogP contribution in [0.5, 0.6) is 5.75 Å². The van der Waals surface area contributed by atoms with E-state index in [-0.39, 0.29) is 23.4 Å². The molecular weight excluding hydrogens is 456 g/mol. The van der Waals surface area contributed by atoms with Gasteiger partial charge in [-0.1, -0.05) is 0 Å². The Kier molecular flexibility index (Phi) is 6.24. The van der Waals surface area contributed by atoms with Gasteiger partial charge in [-0.3, -0.25) is 9.10 Å². The molecule has 0 saturated carbocycles. The lowest BCUT2D eigenvalue weighted by molar-refractivity contribution is -0.116. The lowest BCUT2D eigenvalue weighted by Crippen LogP contribution is -2.34. The predicted molar refractivity (Wildman–Crippen MR) is 118 cm³/mol. The summed E-state index contributed by atoms with van der Waals surface area (Å²) in [4.78, 5) is 13.9. The van der Waals surface area contributed by atoms with Gasteiger partial charge in [0.15, 0.2) is 0 Å². The summed E-state index contributed by atoms with van der Waals surface area (Å²) in [5.41, 5.74) is 2.18. The molecule has 0 bridgehead atoms. The standard InChI is InChI=1S/C21H25BrN2O4S/c1-5-23(17-7-9-18(10-8-17)28-6-2)29(26,27)21-13-20-16(12-19(21)22)11-14(3)24(20)15(4)25/h7-10,12-14H,5-6,11H2,1-4H3. The number of carbonyl (C=O) groups excluding carboxylic acids is 1. The maximum atomic E-state index is 13.5. The number of hydrogen-bond donors (Lipinski definition) is 0. The minimum absolute atomic E-state index is 0.000687. The van der Waals surface area contributed by atoms with Crippen molar-refractivity contribution in [1.29, 1.82) is 0 Å². The first-order chi connectivity index (χ1) is 13.7. The van der Waals surface area contributed by atoms with Crippen LogP contribution < -0.4 is 13.9 Å². The number of hydrogen-bond acceptors (Lipinski definition) is 4. The fraction of sp³-hybridized carbons (Fsp3) is 0.381. The van der Waals surface area contributed by atoms with Crippen molar-refractivity contribution in [3.63, 3.8) is 0 Å². The summed E-state index contributed by atoms with van der Waals surface area (Å²) in [5, 5.41) is 0. The molecule has 1 aliphatic rings. The van der Waals surface area contributed by atoms with Crippen LogP contribution in [0.15, 0.2) is 45.8 Å². The maximum Gasteiger partial charge on any atom is 0.265 e. The Hall–Kier alpha value is -2.06. The third kappa shape index (κ3) is 4.00. The number of anilines is 2. The first-order valence-corrected chi connectivity index (χ1v) is 11.8. The molecule has 0 N–H and O–H groups in total. The topological polar surface area (TPSA) is 66.9 Å². The van der Waals surface area contributed by atoms with Crippen LogP contribution in [0, 0.1) is 0 Å². The number of sulfonamides is 1. The van der Waals surface area contributed by atoms with Gasteiger partial charge in [0.25, 0.3) is 10.0 Å². The van der Waals surface area contributed by atoms with E-state index in [0.29, 0.717) is 34.6 Å². The molecule has 156 valence electrons. The lowest BCUT2D eigenvalue weighted by Gasteiger charge is -2.25. The number of rotatable bonds is 6. The number of ether oxygens (including phenoxy) is 1. The Morgan fingerprint density at radius 2 is 1.90 bits per heavy atom. The number of benzene rings is 2. The number of fused-ring (bicyclic) bond motifs is 1. The summed E-state index contributed by atoms with van der Waals surface area (Å²) in [6.45, 7) is 7.96. The number of amides is 1. The minimum atomic E-state index is -3.84. The third-order valence-corrected chi connectivity index (χ3v) is 7.84. The maximum absolute atomic E-state index is 13.5. The van der Waals surface area contributed by atoms with Crippen molar-refractivity contribution in [2.45, 2.75) is 45.1 Å². The summed E-state index contributed by atoms with van der Waals surface area (Å²) < 4.78 is 34.3. The summed E-state index contributed by atoms with van der Waals surface area (Å²) in [6, 6.07) is 10.4. The van der Waals surface area contributed by atoms with Crippen LogP contribution in [-0.2, 0) is 21.2 Å². The molecule has 1 unspecified atom stereocenters. The van der Waals surface area contributed by atoms with E-state index in [0.717, 1.165) is 5.56 Å². The molecule has 1 atom stereocenters. The molecular formula is C21H25BrN2O4S. The summed E-state index contributed by atoms with van der Waals surface area (Å²) in [5.74, 6) is 0.593. The zero-order chi connectivity index (χ0) is 21.3. The molecule has 2 aromatic carbocycles. The molecule has 8 heteroatoms. The van der Waals surface area contributed by atoms with E-state index in [9.17, 15) is 13.2 Å². The van der Waals surface area contributed by atoms with Crippen molar-refractivity contribution < 1.29 is 17.9 Å². The highest BCUT2D eigenvalue weighted by Crippen LogP contribution is 2.39. The van der Waals surface area contributed by atoms with E-state index in [1.54, 1.807) is 42.2 Å². The van der Waals surface area contributed by atoms with E-state index in [2.05, 4.69) is 15.9 Å². The quantitative estimate of drug-likeness (QED) is 0.615. The third-order valence-electron chi connectivity index (χ3n) is 4.98. The van der Waals surface area contributed by atoms with Gasteiger partial charge in [0, 0.05) is 29.7 Å². The van der Waals surface area contributed by atoms with Crippen molar-refractivity contribution in [1.82, 2.24) is 0 Å². The van der Waals surface area contributed by atoms with Gasteiger partial charge < -0.3 is 9.64 Å². The van der Waals surface area contributed by atoms with Crippen LogP contribution in [0.1, 0.15) is 33.3 Å². The summed E-state index contributed by atoms with van der Waals surface area (Å²) >= 11 is 3.44.